The number of carboxylic acid groups (broad SMARTS) is 1. The maximum absolute atomic E-state index is 13.1. The van der Waals surface area contributed by atoms with Crippen LogP contribution in [-0.4, -0.2) is 11.1 Å². The number of carbonyl (C=O) groups is 1. The minimum atomic E-state index is -0.733. The average molecular weight is 262 g/mol. The largest absolute Gasteiger partial charge is 0.481 e. The van der Waals surface area contributed by atoms with Crippen LogP contribution in [0.5, 0.6) is 0 Å². The van der Waals surface area contributed by atoms with E-state index in [1.807, 2.05) is 0 Å². The lowest BCUT2D eigenvalue weighted by Crippen LogP contribution is -2.41. The molecule has 0 spiro atoms. The number of hydrogen-bond donors (Lipinski definition) is 1. The van der Waals surface area contributed by atoms with Crippen LogP contribution in [0.2, 0.25) is 0 Å². The van der Waals surface area contributed by atoms with E-state index in [-0.39, 0.29) is 17.7 Å². The molecule has 0 radical (unpaired) electrons. The smallest absolute Gasteiger partial charge is 0.304 e. The van der Waals surface area contributed by atoms with Gasteiger partial charge < -0.3 is 5.11 Å². The Bertz CT molecular complexity index is 464. The Labute approximate surface area is 112 Å². The van der Waals surface area contributed by atoms with E-state index in [9.17, 15) is 14.3 Å². The summed E-state index contributed by atoms with van der Waals surface area (Å²) in [4.78, 5) is 11.4. The van der Waals surface area contributed by atoms with Gasteiger partial charge in [0.15, 0.2) is 0 Å². The van der Waals surface area contributed by atoms with E-state index in [2.05, 4.69) is 0 Å². The Hall–Kier alpha value is -1.38. The fourth-order valence-electron chi connectivity index (χ4n) is 4.54. The summed E-state index contributed by atoms with van der Waals surface area (Å²) in [6.07, 6.45) is 5.86. The summed E-state index contributed by atoms with van der Waals surface area (Å²) >= 11 is 0. The first kappa shape index (κ1) is 12.6. The van der Waals surface area contributed by atoms with Crippen molar-refractivity contribution in [2.24, 2.45) is 11.8 Å². The van der Waals surface area contributed by atoms with Gasteiger partial charge in [0.05, 0.1) is 6.42 Å². The second-order valence-electron chi connectivity index (χ2n) is 6.02. The van der Waals surface area contributed by atoms with E-state index >= 15 is 0 Å². The van der Waals surface area contributed by atoms with Gasteiger partial charge in [0.1, 0.15) is 5.82 Å². The highest BCUT2D eigenvalue weighted by molar-refractivity contribution is 5.69. The Morgan fingerprint density at radius 2 is 1.74 bits per heavy atom. The average Bonchev–Trinajstić information content (AvgIpc) is 2.58. The van der Waals surface area contributed by atoms with Gasteiger partial charge >= 0.3 is 5.97 Å². The van der Waals surface area contributed by atoms with Crippen molar-refractivity contribution in [3.8, 4) is 0 Å². The summed E-state index contributed by atoms with van der Waals surface area (Å²) in [6, 6.07) is 6.53. The van der Waals surface area contributed by atoms with E-state index in [4.69, 9.17) is 0 Å². The van der Waals surface area contributed by atoms with Gasteiger partial charge in [-0.3, -0.25) is 4.79 Å². The topological polar surface area (TPSA) is 37.3 Å². The molecule has 3 rings (SSSR count). The number of fused-ring (bicyclic) bond motifs is 2. The number of carboxylic acids is 1. The van der Waals surface area contributed by atoms with Gasteiger partial charge in [-0.05, 0) is 55.2 Å². The zero-order valence-corrected chi connectivity index (χ0v) is 10.9. The zero-order valence-electron chi connectivity index (χ0n) is 10.9. The molecule has 2 fully saturated rings. The molecule has 2 bridgehead atoms. The van der Waals surface area contributed by atoms with Crippen molar-refractivity contribution in [3.05, 3.63) is 35.6 Å². The maximum Gasteiger partial charge on any atom is 0.304 e. The van der Waals surface area contributed by atoms with Crippen molar-refractivity contribution in [3.63, 3.8) is 0 Å². The van der Waals surface area contributed by atoms with Gasteiger partial charge in [0.2, 0.25) is 0 Å². The molecule has 2 saturated carbocycles. The van der Waals surface area contributed by atoms with Crippen LogP contribution in [-0.2, 0) is 10.2 Å². The molecule has 2 aliphatic carbocycles. The monoisotopic (exact) mass is 262 g/mol. The molecule has 0 aliphatic heterocycles. The standard InChI is InChI=1S/C16H19FO2/c17-14-8-6-13(7-9-14)16(10-15(18)19)11-2-1-3-12(16)5-4-11/h6-9,11-12H,1-5,10H2,(H,18,19). The SMILES string of the molecule is O=C(O)CC1(c2ccc(F)cc2)C2CCCC1CC2. The summed E-state index contributed by atoms with van der Waals surface area (Å²) < 4.78 is 13.1. The molecule has 2 unspecified atom stereocenters. The molecule has 0 amide bonds. The number of rotatable bonds is 3. The lowest BCUT2D eigenvalue weighted by atomic mass is 9.60. The van der Waals surface area contributed by atoms with Crippen LogP contribution in [0.4, 0.5) is 4.39 Å². The Morgan fingerprint density at radius 3 is 2.26 bits per heavy atom. The lowest BCUT2D eigenvalue weighted by Gasteiger charge is -2.43. The molecule has 19 heavy (non-hydrogen) atoms. The van der Waals surface area contributed by atoms with Crippen molar-refractivity contribution < 1.29 is 14.3 Å². The second-order valence-corrected chi connectivity index (χ2v) is 6.02. The molecular formula is C16H19FO2. The van der Waals surface area contributed by atoms with Crippen LogP contribution in [0.15, 0.2) is 24.3 Å². The first-order valence-corrected chi connectivity index (χ1v) is 7.11. The van der Waals surface area contributed by atoms with E-state index in [1.165, 1.54) is 18.6 Å². The van der Waals surface area contributed by atoms with Crippen LogP contribution in [0, 0.1) is 17.7 Å². The van der Waals surface area contributed by atoms with Crippen molar-refractivity contribution in [1.29, 1.82) is 0 Å². The third kappa shape index (κ3) is 1.96. The van der Waals surface area contributed by atoms with Crippen molar-refractivity contribution >= 4 is 5.97 Å². The summed E-state index contributed by atoms with van der Waals surface area (Å²) in [5.74, 6) is -0.0823. The van der Waals surface area contributed by atoms with Crippen molar-refractivity contribution in [2.75, 3.05) is 0 Å². The summed E-state index contributed by atoms with van der Waals surface area (Å²) in [5.41, 5.74) is 0.779. The molecule has 0 aromatic heterocycles. The predicted molar refractivity (Wildman–Crippen MR) is 70.4 cm³/mol. The van der Waals surface area contributed by atoms with E-state index in [0.717, 1.165) is 31.2 Å². The van der Waals surface area contributed by atoms with Gasteiger partial charge in [-0.25, -0.2) is 4.39 Å². The molecule has 2 atom stereocenters. The molecule has 0 saturated heterocycles. The van der Waals surface area contributed by atoms with Crippen molar-refractivity contribution in [1.82, 2.24) is 0 Å². The fourth-order valence-corrected chi connectivity index (χ4v) is 4.54. The summed E-state index contributed by atoms with van der Waals surface area (Å²) in [6.45, 7) is 0. The lowest BCUT2D eigenvalue weighted by molar-refractivity contribution is -0.139. The van der Waals surface area contributed by atoms with Crippen LogP contribution in [0.3, 0.4) is 0 Å². The number of aliphatic carboxylic acids is 1. The molecule has 0 heterocycles. The quantitative estimate of drug-likeness (QED) is 0.900. The highest BCUT2D eigenvalue weighted by atomic mass is 19.1. The fraction of sp³-hybridized carbons (Fsp3) is 0.562. The van der Waals surface area contributed by atoms with Gasteiger partial charge in [-0.1, -0.05) is 18.6 Å². The summed E-state index contributed by atoms with van der Waals surface area (Å²) in [5, 5.41) is 9.34. The molecule has 2 nitrogen and oxygen atoms in total. The summed E-state index contributed by atoms with van der Waals surface area (Å²) in [7, 11) is 0. The molecular weight excluding hydrogens is 243 g/mol. The minimum absolute atomic E-state index is 0.188. The molecule has 3 heteroatoms. The second kappa shape index (κ2) is 4.62. The van der Waals surface area contributed by atoms with Gasteiger partial charge in [-0.2, -0.15) is 0 Å². The Morgan fingerprint density at radius 1 is 1.16 bits per heavy atom. The van der Waals surface area contributed by atoms with Crippen LogP contribution in [0.25, 0.3) is 0 Å². The van der Waals surface area contributed by atoms with Crippen LogP contribution < -0.4 is 0 Å². The zero-order chi connectivity index (χ0) is 13.5. The first-order chi connectivity index (χ1) is 9.13. The van der Waals surface area contributed by atoms with Crippen LogP contribution >= 0.6 is 0 Å². The maximum atomic E-state index is 13.1. The molecule has 2 aliphatic rings. The molecule has 102 valence electrons. The normalized spacial score (nSPS) is 33.3. The minimum Gasteiger partial charge on any atom is -0.481 e. The Balaban J connectivity index is 2.06. The van der Waals surface area contributed by atoms with E-state index in [1.54, 1.807) is 12.1 Å². The highest BCUT2D eigenvalue weighted by Crippen LogP contribution is 2.58. The van der Waals surface area contributed by atoms with E-state index < -0.39 is 5.97 Å². The van der Waals surface area contributed by atoms with Gasteiger partial charge in [0, 0.05) is 5.41 Å². The predicted octanol–water partition coefficient (Wildman–Crippen LogP) is 3.75. The number of hydrogen-bond acceptors (Lipinski definition) is 1. The van der Waals surface area contributed by atoms with Crippen LogP contribution in [0.1, 0.15) is 44.1 Å². The highest BCUT2D eigenvalue weighted by Gasteiger charge is 2.53. The Kier molecular flexibility index (Phi) is 3.08. The van der Waals surface area contributed by atoms with Gasteiger partial charge in [0.25, 0.3) is 0 Å². The van der Waals surface area contributed by atoms with E-state index in [0.29, 0.717) is 11.8 Å². The third-order valence-electron chi connectivity index (χ3n) is 5.25. The van der Waals surface area contributed by atoms with Crippen molar-refractivity contribution in [2.45, 2.75) is 43.9 Å². The molecule has 1 aromatic carbocycles. The number of benzene rings is 1. The molecule has 1 N–H and O–H groups in total. The third-order valence-corrected chi connectivity index (χ3v) is 5.25. The molecule has 1 aromatic rings. The first-order valence-electron chi connectivity index (χ1n) is 7.11. The number of halogens is 1. The van der Waals surface area contributed by atoms with Gasteiger partial charge in [-0.15, -0.1) is 0 Å².